The third kappa shape index (κ3) is 2.77. The van der Waals surface area contributed by atoms with E-state index in [1.165, 1.54) is 11.3 Å². The minimum Gasteiger partial charge on any atom is -0.397 e. The van der Waals surface area contributed by atoms with Crippen LogP contribution < -0.4 is 11.1 Å². The Labute approximate surface area is 138 Å². The second-order valence-corrected chi connectivity index (χ2v) is 6.74. The number of nitrogen functional groups attached to an aromatic ring is 1. The summed E-state index contributed by atoms with van der Waals surface area (Å²) in [5, 5.41) is 4.26. The van der Waals surface area contributed by atoms with E-state index < -0.39 is 0 Å². The molecule has 3 aromatic rings. The SMILES string of the molecule is Nc1c(C(=O)Nc2ccc(Br)c(Cl)c2)sc2ccccc12. The zero-order chi connectivity index (χ0) is 15.0. The zero-order valence-corrected chi connectivity index (χ0v) is 13.8. The molecule has 0 aliphatic carbocycles. The van der Waals surface area contributed by atoms with Crippen molar-refractivity contribution in [2.24, 2.45) is 0 Å². The smallest absolute Gasteiger partial charge is 0.267 e. The Morgan fingerprint density at radius 2 is 2.00 bits per heavy atom. The number of hydrogen-bond acceptors (Lipinski definition) is 3. The molecule has 6 heteroatoms. The molecule has 1 aromatic heterocycles. The van der Waals surface area contributed by atoms with E-state index in [2.05, 4.69) is 21.2 Å². The van der Waals surface area contributed by atoms with E-state index >= 15 is 0 Å². The first kappa shape index (κ1) is 14.4. The summed E-state index contributed by atoms with van der Waals surface area (Å²) in [6.07, 6.45) is 0. The number of nitrogens with two attached hydrogens (primary N) is 1. The van der Waals surface area contributed by atoms with Gasteiger partial charge in [0.05, 0.1) is 10.7 Å². The van der Waals surface area contributed by atoms with Crippen LogP contribution in [0.3, 0.4) is 0 Å². The highest BCUT2D eigenvalue weighted by Crippen LogP contribution is 2.34. The van der Waals surface area contributed by atoms with Crippen LogP contribution >= 0.6 is 38.9 Å². The summed E-state index contributed by atoms with van der Waals surface area (Å²) in [5.74, 6) is -0.230. The highest BCUT2D eigenvalue weighted by atomic mass is 79.9. The van der Waals surface area contributed by atoms with Crippen LogP contribution in [-0.4, -0.2) is 5.91 Å². The molecule has 106 valence electrons. The molecule has 0 fully saturated rings. The Hall–Kier alpha value is -1.56. The molecular weight excluding hydrogens is 372 g/mol. The number of amides is 1. The van der Waals surface area contributed by atoms with Gasteiger partial charge in [-0.25, -0.2) is 0 Å². The lowest BCUT2D eigenvalue weighted by Gasteiger charge is -2.05. The van der Waals surface area contributed by atoms with Crippen molar-refractivity contribution in [1.82, 2.24) is 0 Å². The molecule has 0 spiro atoms. The summed E-state index contributed by atoms with van der Waals surface area (Å²) in [6.45, 7) is 0. The zero-order valence-electron chi connectivity index (χ0n) is 10.7. The maximum absolute atomic E-state index is 12.4. The summed E-state index contributed by atoms with van der Waals surface area (Å²) in [5.41, 5.74) is 7.20. The van der Waals surface area contributed by atoms with Crippen molar-refractivity contribution in [2.75, 3.05) is 11.1 Å². The molecule has 1 amide bonds. The Bertz CT molecular complexity index is 847. The minimum atomic E-state index is -0.230. The molecule has 21 heavy (non-hydrogen) atoms. The highest BCUT2D eigenvalue weighted by Gasteiger charge is 2.16. The Morgan fingerprint density at radius 3 is 2.71 bits per heavy atom. The molecule has 0 aliphatic rings. The van der Waals surface area contributed by atoms with Gasteiger partial charge < -0.3 is 11.1 Å². The Kier molecular flexibility index (Phi) is 3.89. The van der Waals surface area contributed by atoms with Crippen LogP contribution in [0.2, 0.25) is 5.02 Å². The van der Waals surface area contributed by atoms with E-state index in [4.69, 9.17) is 17.3 Å². The van der Waals surface area contributed by atoms with E-state index in [1.807, 2.05) is 24.3 Å². The van der Waals surface area contributed by atoms with E-state index in [0.29, 0.717) is 21.3 Å². The fourth-order valence-corrected chi connectivity index (χ4v) is 3.44. The van der Waals surface area contributed by atoms with Gasteiger partial charge in [-0.05, 0) is 40.2 Å². The predicted molar refractivity (Wildman–Crippen MR) is 93.3 cm³/mol. The van der Waals surface area contributed by atoms with Gasteiger partial charge in [0.1, 0.15) is 4.88 Å². The fourth-order valence-electron chi connectivity index (χ4n) is 2.00. The van der Waals surface area contributed by atoms with Gasteiger partial charge in [0.15, 0.2) is 0 Å². The monoisotopic (exact) mass is 380 g/mol. The van der Waals surface area contributed by atoms with Crippen molar-refractivity contribution < 1.29 is 4.79 Å². The number of thiophene rings is 1. The van der Waals surface area contributed by atoms with Gasteiger partial charge in [-0.1, -0.05) is 29.8 Å². The van der Waals surface area contributed by atoms with E-state index in [1.54, 1.807) is 18.2 Å². The van der Waals surface area contributed by atoms with Crippen LogP contribution in [0.4, 0.5) is 11.4 Å². The normalized spacial score (nSPS) is 10.8. The molecule has 2 aromatic carbocycles. The second kappa shape index (κ2) is 5.67. The predicted octanol–water partition coefficient (Wildman–Crippen LogP) is 5.15. The molecule has 0 saturated heterocycles. The summed E-state index contributed by atoms with van der Waals surface area (Å²) < 4.78 is 1.78. The van der Waals surface area contributed by atoms with Crippen LogP contribution in [0.15, 0.2) is 46.9 Å². The molecule has 0 aliphatic heterocycles. The molecule has 0 radical (unpaired) electrons. The molecule has 3 nitrogen and oxygen atoms in total. The van der Waals surface area contributed by atoms with Crippen molar-refractivity contribution >= 4 is 66.2 Å². The topological polar surface area (TPSA) is 55.1 Å². The fraction of sp³-hybridized carbons (Fsp3) is 0. The lowest BCUT2D eigenvalue weighted by atomic mass is 10.2. The summed E-state index contributed by atoms with van der Waals surface area (Å²) in [7, 11) is 0. The van der Waals surface area contributed by atoms with Crippen molar-refractivity contribution in [2.45, 2.75) is 0 Å². The second-order valence-electron chi connectivity index (χ2n) is 4.42. The Morgan fingerprint density at radius 1 is 1.24 bits per heavy atom. The number of anilines is 2. The first-order valence-corrected chi connectivity index (χ1v) is 8.08. The number of fused-ring (bicyclic) bond motifs is 1. The third-order valence-electron chi connectivity index (χ3n) is 3.02. The average Bonchev–Trinajstić information content (AvgIpc) is 2.81. The molecule has 3 N–H and O–H groups in total. The molecular formula is C15H10BrClN2OS. The lowest BCUT2D eigenvalue weighted by molar-refractivity contribution is 0.103. The molecule has 1 heterocycles. The van der Waals surface area contributed by atoms with Gasteiger partial charge in [-0.3, -0.25) is 4.79 Å². The van der Waals surface area contributed by atoms with Gasteiger partial charge >= 0.3 is 0 Å². The maximum Gasteiger partial charge on any atom is 0.267 e. The number of carbonyl (C=O) groups excluding carboxylic acids is 1. The standard InChI is InChI=1S/C15H10BrClN2OS/c16-10-6-5-8(7-11(10)17)19-15(20)14-13(18)9-3-1-2-4-12(9)21-14/h1-7H,18H2,(H,19,20). The largest absolute Gasteiger partial charge is 0.397 e. The molecule has 0 saturated carbocycles. The van der Waals surface area contributed by atoms with Crippen LogP contribution in [0.5, 0.6) is 0 Å². The van der Waals surface area contributed by atoms with Crippen LogP contribution in [0.25, 0.3) is 10.1 Å². The van der Waals surface area contributed by atoms with Crippen LogP contribution in [0.1, 0.15) is 9.67 Å². The van der Waals surface area contributed by atoms with Gasteiger partial charge in [0, 0.05) is 20.2 Å². The lowest BCUT2D eigenvalue weighted by Crippen LogP contribution is -2.11. The number of carbonyl (C=O) groups is 1. The highest BCUT2D eigenvalue weighted by molar-refractivity contribution is 9.10. The number of nitrogens with one attached hydrogen (secondary N) is 1. The van der Waals surface area contributed by atoms with Gasteiger partial charge in [-0.2, -0.15) is 0 Å². The van der Waals surface area contributed by atoms with Crippen molar-refractivity contribution in [3.63, 3.8) is 0 Å². The summed E-state index contributed by atoms with van der Waals surface area (Å²) in [6, 6.07) is 12.9. The van der Waals surface area contributed by atoms with E-state index in [0.717, 1.165) is 14.6 Å². The first-order chi connectivity index (χ1) is 10.1. The summed E-state index contributed by atoms with van der Waals surface area (Å²) in [4.78, 5) is 12.9. The number of hydrogen-bond donors (Lipinski definition) is 2. The van der Waals surface area contributed by atoms with Gasteiger partial charge in [0.2, 0.25) is 0 Å². The number of benzene rings is 2. The maximum atomic E-state index is 12.4. The number of halogens is 2. The van der Waals surface area contributed by atoms with Crippen LogP contribution in [-0.2, 0) is 0 Å². The van der Waals surface area contributed by atoms with Gasteiger partial charge in [0.25, 0.3) is 5.91 Å². The molecule has 0 bridgehead atoms. The van der Waals surface area contributed by atoms with Gasteiger partial charge in [-0.15, -0.1) is 11.3 Å². The number of rotatable bonds is 2. The molecule has 3 rings (SSSR count). The first-order valence-electron chi connectivity index (χ1n) is 6.09. The van der Waals surface area contributed by atoms with E-state index in [-0.39, 0.29) is 5.91 Å². The van der Waals surface area contributed by atoms with E-state index in [9.17, 15) is 4.79 Å². The minimum absolute atomic E-state index is 0.230. The van der Waals surface area contributed by atoms with Crippen molar-refractivity contribution in [3.05, 3.63) is 56.8 Å². The summed E-state index contributed by atoms with van der Waals surface area (Å²) >= 11 is 10.7. The Balaban J connectivity index is 1.93. The molecule has 0 unspecified atom stereocenters. The van der Waals surface area contributed by atoms with Crippen molar-refractivity contribution in [1.29, 1.82) is 0 Å². The quantitative estimate of drug-likeness (QED) is 0.645. The van der Waals surface area contributed by atoms with Crippen molar-refractivity contribution in [3.8, 4) is 0 Å². The third-order valence-corrected chi connectivity index (χ3v) is 5.44. The van der Waals surface area contributed by atoms with Crippen LogP contribution in [0, 0.1) is 0 Å². The average molecular weight is 382 g/mol. The molecule has 0 atom stereocenters.